The number of pyridine rings is 2. The fourth-order valence-electron chi connectivity index (χ4n) is 4.26. The van der Waals surface area contributed by atoms with Gasteiger partial charge in [-0.05, 0) is 69.0 Å². The Morgan fingerprint density at radius 1 is 1.03 bits per heavy atom. The van der Waals surface area contributed by atoms with E-state index < -0.39 is 15.6 Å². The summed E-state index contributed by atoms with van der Waals surface area (Å²) in [6, 6.07) is 14.1. The molecule has 32 heavy (non-hydrogen) atoms. The Hall–Kier alpha value is -2.52. The van der Waals surface area contributed by atoms with Gasteiger partial charge in [0, 0.05) is 11.6 Å². The molecule has 0 saturated heterocycles. The van der Waals surface area contributed by atoms with Crippen molar-refractivity contribution in [2.24, 2.45) is 5.14 Å². The van der Waals surface area contributed by atoms with Crippen LogP contribution in [-0.4, -0.2) is 35.1 Å². The van der Waals surface area contributed by atoms with Crippen LogP contribution in [-0.2, 0) is 10.0 Å². The van der Waals surface area contributed by atoms with E-state index in [1.165, 1.54) is 6.07 Å². The van der Waals surface area contributed by atoms with Crippen molar-refractivity contribution >= 4 is 33.3 Å². The van der Waals surface area contributed by atoms with E-state index in [0.717, 1.165) is 16.7 Å². The molecule has 1 aliphatic rings. The summed E-state index contributed by atoms with van der Waals surface area (Å²) in [5.74, 6) is 0.950. The summed E-state index contributed by atoms with van der Waals surface area (Å²) < 4.78 is 23.8. The van der Waals surface area contributed by atoms with Crippen LogP contribution in [0.3, 0.4) is 0 Å². The molecule has 2 aromatic heterocycles. The second-order valence-electron chi connectivity index (χ2n) is 8.57. The van der Waals surface area contributed by atoms with Gasteiger partial charge >= 0.3 is 0 Å². The average Bonchev–Trinajstić information content (AvgIpc) is 2.68. The molecule has 9 heteroatoms. The number of halogens is 1. The van der Waals surface area contributed by atoms with Crippen molar-refractivity contribution in [2.75, 3.05) is 4.90 Å². The highest BCUT2D eigenvalue weighted by Crippen LogP contribution is 2.42. The Morgan fingerprint density at radius 3 is 2.22 bits per heavy atom. The summed E-state index contributed by atoms with van der Waals surface area (Å²) in [5.41, 5.74) is 2.88. The largest absolute Gasteiger partial charge is 0.390 e. The number of hydrogen-bond acceptors (Lipinski definition) is 6. The maximum atomic E-state index is 11.9. The first kappa shape index (κ1) is 22.7. The van der Waals surface area contributed by atoms with Gasteiger partial charge < -0.3 is 10.0 Å². The van der Waals surface area contributed by atoms with Crippen LogP contribution < -0.4 is 10.0 Å². The zero-order chi connectivity index (χ0) is 23.3. The Labute approximate surface area is 192 Å². The number of nitrogens with two attached hydrogens (primary N) is 1. The molecular formula is C23H25ClN4O3S. The highest BCUT2D eigenvalue weighted by atomic mass is 35.5. The van der Waals surface area contributed by atoms with E-state index in [2.05, 4.69) is 4.98 Å². The molecule has 1 fully saturated rings. The predicted octanol–water partition coefficient (Wildman–Crippen LogP) is 4.11. The van der Waals surface area contributed by atoms with Gasteiger partial charge in [-0.15, -0.1) is 0 Å². The van der Waals surface area contributed by atoms with Gasteiger partial charge in [-0.3, -0.25) is 0 Å². The Bertz CT molecular complexity index is 1270. The maximum absolute atomic E-state index is 11.9. The Morgan fingerprint density at radius 2 is 1.62 bits per heavy atom. The van der Waals surface area contributed by atoms with E-state index in [0.29, 0.717) is 35.2 Å². The summed E-state index contributed by atoms with van der Waals surface area (Å²) in [5, 5.41) is 15.9. The zero-order valence-corrected chi connectivity index (χ0v) is 19.7. The van der Waals surface area contributed by atoms with Gasteiger partial charge in [-0.2, -0.15) is 0 Å². The molecule has 0 spiro atoms. The third-order valence-electron chi connectivity index (χ3n) is 5.76. The van der Waals surface area contributed by atoms with Crippen LogP contribution in [0.1, 0.15) is 30.9 Å². The number of anilines is 2. The van der Waals surface area contributed by atoms with E-state index in [1.54, 1.807) is 31.2 Å². The van der Waals surface area contributed by atoms with Gasteiger partial charge in [-0.1, -0.05) is 35.9 Å². The van der Waals surface area contributed by atoms with Crippen molar-refractivity contribution in [3.63, 3.8) is 0 Å². The lowest BCUT2D eigenvalue weighted by molar-refractivity contribution is -0.0288. The Kier molecular flexibility index (Phi) is 5.75. The number of aryl methyl sites for hydroxylation is 2. The number of aliphatic hydroxyl groups is 1. The van der Waals surface area contributed by atoms with E-state index >= 15 is 0 Å². The van der Waals surface area contributed by atoms with Crippen molar-refractivity contribution in [3.8, 4) is 11.3 Å². The molecule has 0 unspecified atom stereocenters. The number of aromatic nitrogens is 2. The lowest BCUT2D eigenvalue weighted by Gasteiger charge is -2.46. The first-order chi connectivity index (χ1) is 15.0. The summed E-state index contributed by atoms with van der Waals surface area (Å²) in [6.45, 7) is 5.78. The molecule has 0 radical (unpaired) electrons. The number of nitrogens with zero attached hydrogens (tertiary/aromatic N) is 3. The fraction of sp³-hybridized carbons (Fsp3) is 0.304. The van der Waals surface area contributed by atoms with Gasteiger partial charge in [0.25, 0.3) is 10.0 Å². The monoisotopic (exact) mass is 472 g/mol. The SMILES string of the molecule is Cc1cccc(C)c1-c1nc(N(c2cccc(S(N)(=O)=O)n2)C2CC(C)(O)C2)ccc1Cl. The van der Waals surface area contributed by atoms with Gasteiger partial charge in [0.2, 0.25) is 0 Å². The molecule has 1 aliphatic carbocycles. The zero-order valence-electron chi connectivity index (χ0n) is 18.1. The third-order valence-corrected chi connectivity index (χ3v) is 6.87. The van der Waals surface area contributed by atoms with E-state index in [4.69, 9.17) is 21.7 Å². The molecule has 168 valence electrons. The van der Waals surface area contributed by atoms with Crippen LogP contribution in [0.15, 0.2) is 53.6 Å². The molecule has 3 N–H and O–H groups in total. The summed E-state index contributed by atoms with van der Waals surface area (Å²) in [6.07, 6.45) is 0.967. The number of primary sulfonamides is 1. The van der Waals surface area contributed by atoms with Gasteiger partial charge in [0.15, 0.2) is 5.03 Å². The van der Waals surface area contributed by atoms with Crippen LogP contribution in [0, 0.1) is 13.8 Å². The minimum absolute atomic E-state index is 0.118. The van der Waals surface area contributed by atoms with E-state index in [1.807, 2.05) is 36.9 Å². The fourth-order valence-corrected chi connectivity index (χ4v) is 4.94. The van der Waals surface area contributed by atoms with Crippen LogP contribution >= 0.6 is 11.6 Å². The number of benzene rings is 1. The minimum Gasteiger partial charge on any atom is -0.390 e. The lowest BCUT2D eigenvalue weighted by atomic mass is 9.76. The molecule has 0 aliphatic heterocycles. The van der Waals surface area contributed by atoms with Crippen LogP contribution in [0.5, 0.6) is 0 Å². The highest BCUT2D eigenvalue weighted by molar-refractivity contribution is 7.89. The second-order valence-corrected chi connectivity index (χ2v) is 10.5. The number of hydrogen-bond donors (Lipinski definition) is 2. The second kappa shape index (κ2) is 8.12. The first-order valence-corrected chi connectivity index (χ1v) is 12.1. The quantitative estimate of drug-likeness (QED) is 0.578. The van der Waals surface area contributed by atoms with Crippen LogP contribution in [0.2, 0.25) is 5.02 Å². The van der Waals surface area contributed by atoms with Crippen molar-refractivity contribution in [3.05, 3.63) is 64.7 Å². The number of rotatable bonds is 5. The molecule has 0 amide bonds. The third kappa shape index (κ3) is 4.36. The van der Waals surface area contributed by atoms with Crippen molar-refractivity contribution in [1.82, 2.24) is 9.97 Å². The maximum Gasteiger partial charge on any atom is 0.255 e. The standard InChI is InChI=1S/C23H25ClN4O3S/c1-14-6-4-7-15(2)21(14)22-17(24)10-11-19(27-22)28(16-12-23(3,29)13-16)18-8-5-9-20(26-18)32(25,30)31/h4-11,16,29H,12-13H2,1-3H3,(H2,25,30,31). The minimum atomic E-state index is -3.98. The highest BCUT2D eigenvalue weighted by Gasteiger charge is 2.43. The molecular weight excluding hydrogens is 448 g/mol. The Balaban J connectivity index is 1.87. The van der Waals surface area contributed by atoms with Crippen molar-refractivity contribution in [2.45, 2.75) is 50.3 Å². The van der Waals surface area contributed by atoms with Crippen LogP contribution in [0.4, 0.5) is 11.6 Å². The summed E-state index contributed by atoms with van der Waals surface area (Å²) in [4.78, 5) is 11.0. The van der Waals surface area contributed by atoms with Gasteiger partial charge in [0.05, 0.1) is 16.3 Å². The topological polar surface area (TPSA) is 109 Å². The van der Waals surface area contributed by atoms with Crippen molar-refractivity contribution < 1.29 is 13.5 Å². The molecule has 7 nitrogen and oxygen atoms in total. The normalized spacial score (nSPS) is 20.6. The lowest BCUT2D eigenvalue weighted by Crippen LogP contribution is -2.52. The molecule has 0 bridgehead atoms. The van der Waals surface area contributed by atoms with Gasteiger partial charge in [-0.25, -0.2) is 23.5 Å². The molecule has 2 heterocycles. The molecule has 4 rings (SSSR count). The first-order valence-electron chi connectivity index (χ1n) is 10.2. The molecule has 3 aromatic rings. The predicted molar refractivity (Wildman–Crippen MR) is 126 cm³/mol. The molecule has 0 atom stereocenters. The van der Waals surface area contributed by atoms with Gasteiger partial charge in [0.1, 0.15) is 11.6 Å². The van der Waals surface area contributed by atoms with Crippen molar-refractivity contribution in [1.29, 1.82) is 0 Å². The van der Waals surface area contributed by atoms with E-state index in [-0.39, 0.29) is 11.1 Å². The summed E-state index contributed by atoms with van der Waals surface area (Å²) in [7, 11) is -3.98. The summed E-state index contributed by atoms with van der Waals surface area (Å²) >= 11 is 6.55. The number of sulfonamides is 1. The average molecular weight is 473 g/mol. The smallest absolute Gasteiger partial charge is 0.255 e. The molecule has 1 saturated carbocycles. The molecule has 1 aromatic carbocycles. The van der Waals surface area contributed by atoms with Crippen LogP contribution in [0.25, 0.3) is 11.3 Å². The van der Waals surface area contributed by atoms with E-state index in [9.17, 15) is 13.5 Å².